The zero-order valence-electron chi connectivity index (χ0n) is 12.7. The van der Waals surface area contributed by atoms with Crippen molar-refractivity contribution in [2.24, 2.45) is 21.6 Å². The van der Waals surface area contributed by atoms with Crippen LogP contribution in [-0.4, -0.2) is 5.54 Å². The summed E-state index contributed by atoms with van der Waals surface area (Å²) in [4.78, 5) is 0. The number of azo groups is 1. The molecule has 1 fully saturated rings. The van der Waals surface area contributed by atoms with Crippen molar-refractivity contribution in [3.63, 3.8) is 0 Å². The second-order valence-corrected chi connectivity index (χ2v) is 7.00. The van der Waals surface area contributed by atoms with Crippen LogP contribution >= 0.6 is 0 Å². The zero-order valence-corrected chi connectivity index (χ0v) is 12.7. The summed E-state index contributed by atoms with van der Waals surface area (Å²) in [5.74, 6) is 0.419. The molecule has 106 valence electrons. The van der Waals surface area contributed by atoms with Gasteiger partial charge in [0.25, 0.3) is 0 Å². The topological polar surface area (TPSA) is 24.7 Å². The van der Waals surface area contributed by atoms with Gasteiger partial charge in [-0.05, 0) is 18.1 Å². The third-order valence-electron chi connectivity index (χ3n) is 5.77. The maximum atomic E-state index is 4.83. The largest absolute Gasteiger partial charge is 0.185 e. The fourth-order valence-corrected chi connectivity index (χ4v) is 4.31. The van der Waals surface area contributed by atoms with Crippen molar-refractivity contribution in [2.45, 2.75) is 31.8 Å². The molecule has 0 bridgehead atoms. The van der Waals surface area contributed by atoms with E-state index in [1.807, 2.05) is 0 Å². The summed E-state index contributed by atoms with van der Waals surface area (Å²) in [6.07, 6.45) is 0. The van der Waals surface area contributed by atoms with Gasteiger partial charge >= 0.3 is 0 Å². The van der Waals surface area contributed by atoms with E-state index in [-0.39, 0.29) is 16.5 Å². The second kappa shape index (κ2) is 3.82. The van der Waals surface area contributed by atoms with Crippen molar-refractivity contribution in [3.8, 4) is 0 Å². The molecule has 0 radical (unpaired) electrons. The third-order valence-corrected chi connectivity index (χ3v) is 5.77. The van der Waals surface area contributed by atoms with Gasteiger partial charge in [-0.1, -0.05) is 74.5 Å². The molecule has 2 nitrogen and oxygen atoms in total. The highest BCUT2D eigenvalue weighted by Crippen LogP contribution is 2.75. The van der Waals surface area contributed by atoms with Gasteiger partial charge in [0.2, 0.25) is 0 Å². The van der Waals surface area contributed by atoms with Crippen LogP contribution in [0.2, 0.25) is 0 Å². The van der Waals surface area contributed by atoms with Crippen LogP contribution in [-0.2, 0) is 5.54 Å². The molecule has 0 spiro atoms. The number of hydrogen-bond acceptors (Lipinski definition) is 2. The summed E-state index contributed by atoms with van der Waals surface area (Å²) < 4.78 is 0. The number of benzene rings is 2. The van der Waals surface area contributed by atoms with E-state index in [4.69, 9.17) is 10.2 Å². The summed E-state index contributed by atoms with van der Waals surface area (Å²) in [6, 6.07) is 21.3. The van der Waals surface area contributed by atoms with Gasteiger partial charge in [-0.3, -0.25) is 0 Å². The Kier molecular flexibility index (Phi) is 2.32. The van der Waals surface area contributed by atoms with Crippen molar-refractivity contribution in [3.05, 3.63) is 71.8 Å². The lowest BCUT2D eigenvalue weighted by Gasteiger charge is -2.30. The van der Waals surface area contributed by atoms with Crippen molar-refractivity contribution in [1.82, 2.24) is 0 Å². The van der Waals surface area contributed by atoms with Crippen molar-refractivity contribution in [2.75, 3.05) is 0 Å². The molecule has 0 unspecified atom stereocenters. The minimum absolute atomic E-state index is 0.0430. The van der Waals surface area contributed by atoms with Gasteiger partial charge in [0.1, 0.15) is 5.54 Å². The Balaban J connectivity index is 1.97. The first-order chi connectivity index (χ1) is 10.0. The van der Waals surface area contributed by atoms with Crippen molar-refractivity contribution in [1.29, 1.82) is 0 Å². The molecule has 2 aromatic carbocycles. The van der Waals surface area contributed by atoms with Crippen LogP contribution in [0.1, 0.15) is 31.9 Å². The summed E-state index contributed by atoms with van der Waals surface area (Å²) in [5, 5.41) is 9.56. The lowest BCUT2D eigenvalue weighted by atomic mass is 9.77. The van der Waals surface area contributed by atoms with Crippen molar-refractivity contribution >= 4 is 0 Å². The van der Waals surface area contributed by atoms with Gasteiger partial charge in [0, 0.05) is 11.3 Å². The second-order valence-electron chi connectivity index (χ2n) is 7.00. The van der Waals surface area contributed by atoms with E-state index in [0.717, 1.165) is 0 Å². The predicted octanol–water partition coefficient (Wildman–Crippen LogP) is 4.81. The van der Waals surface area contributed by atoms with E-state index >= 15 is 0 Å². The van der Waals surface area contributed by atoms with Crippen LogP contribution < -0.4 is 0 Å². The molecule has 1 aliphatic heterocycles. The van der Waals surface area contributed by atoms with Crippen molar-refractivity contribution < 1.29 is 0 Å². The molecule has 2 atom stereocenters. The Morgan fingerprint density at radius 3 is 1.57 bits per heavy atom. The van der Waals surface area contributed by atoms with Gasteiger partial charge < -0.3 is 0 Å². The molecule has 1 heterocycles. The van der Waals surface area contributed by atoms with Crippen LogP contribution in [0.15, 0.2) is 70.9 Å². The van der Waals surface area contributed by atoms with Crippen LogP contribution in [0.5, 0.6) is 0 Å². The first-order valence-corrected chi connectivity index (χ1v) is 7.58. The molecule has 0 N–H and O–H groups in total. The molecule has 2 aliphatic rings. The fourth-order valence-electron chi connectivity index (χ4n) is 4.31. The fraction of sp³-hybridized carbons (Fsp3) is 0.368. The van der Waals surface area contributed by atoms with Crippen LogP contribution in [0.25, 0.3) is 0 Å². The van der Waals surface area contributed by atoms with Gasteiger partial charge in [-0.15, -0.1) is 0 Å². The van der Waals surface area contributed by atoms with E-state index in [1.165, 1.54) is 11.1 Å². The van der Waals surface area contributed by atoms with Crippen LogP contribution in [0.4, 0.5) is 0 Å². The van der Waals surface area contributed by atoms with E-state index in [0.29, 0.717) is 5.92 Å². The maximum Gasteiger partial charge on any atom is 0.137 e. The smallest absolute Gasteiger partial charge is 0.137 e. The summed E-state index contributed by atoms with van der Waals surface area (Å²) in [7, 11) is 0. The van der Waals surface area contributed by atoms with Crippen LogP contribution in [0.3, 0.4) is 0 Å². The average molecular weight is 276 g/mol. The maximum absolute atomic E-state index is 4.83. The zero-order chi connectivity index (χ0) is 14.7. The predicted molar refractivity (Wildman–Crippen MR) is 84.2 cm³/mol. The van der Waals surface area contributed by atoms with E-state index in [1.54, 1.807) is 0 Å². The SMILES string of the molecule is CC1(C)[C@H]2C(c3ccccc3)(c3ccccc3)N=N[C@]21C. The average Bonchev–Trinajstić information content (AvgIpc) is 2.82. The third kappa shape index (κ3) is 1.38. The molecule has 21 heavy (non-hydrogen) atoms. The normalized spacial score (nSPS) is 30.9. The molecule has 0 aromatic heterocycles. The van der Waals surface area contributed by atoms with Gasteiger partial charge in [0.15, 0.2) is 0 Å². The van der Waals surface area contributed by atoms with Gasteiger partial charge in [-0.25, -0.2) is 0 Å². The molecule has 4 rings (SSSR count). The Hall–Kier alpha value is -1.96. The molecule has 0 amide bonds. The van der Waals surface area contributed by atoms with Crippen LogP contribution in [0, 0.1) is 11.3 Å². The Morgan fingerprint density at radius 1 is 0.714 bits per heavy atom. The first kappa shape index (κ1) is 12.8. The summed E-state index contributed by atoms with van der Waals surface area (Å²) in [6.45, 7) is 6.88. The molecular weight excluding hydrogens is 256 g/mol. The Labute approximate surface area is 125 Å². The molecular formula is C19H20N2. The molecule has 2 aromatic rings. The Morgan fingerprint density at radius 2 is 1.19 bits per heavy atom. The molecule has 1 aliphatic carbocycles. The van der Waals surface area contributed by atoms with Gasteiger partial charge in [0.05, 0.1) is 5.54 Å². The molecule has 1 saturated carbocycles. The summed E-state index contributed by atoms with van der Waals surface area (Å²) in [5.41, 5.74) is 2.30. The monoisotopic (exact) mass is 276 g/mol. The highest BCUT2D eigenvalue weighted by molar-refractivity contribution is 5.48. The van der Waals surface area contributed by atoms with Gasteiger partial charge in [-0.2, -0.15) is 10.2 Å². The van der Waals surface area contributed by atoms with E-state index in [2.05, 4.69) is 81.4 Å². The number of rotatable bonds is 2. The molecule has 2 heteroatoms. The van der Waals surface area contributed by atoms with E-state index in [9.17, 15) is 0 Å². The standard InChI is InChI=1S/C19H20N2/c1-17(2)16-18(17,3)20-21-19(16,14-10-6-4-7-11-14)15-12-8-5-9-13-15/h4-13,16H,1-3H3/t16-,18-/m1/s1. The lowest BCUT2D eigenvalue weighted by molar-refractivity contribution is 0.379. The minimum Gasteiger partial charge on any atom is -0.185 e. The number of fused-ring (bicyclic) bond motifs is 1. The number of nitrogens with zero attached hydrogens (tertiary/aromatic N) is 2. The Bertz CT molecular complexity index is 663. The first-order valence-electron chi connectivity index (χ1n) is 7.58. The molecule has 0 saturated heterocycles. The highest BCUT2D eigenvalue weighted by Gasteiger charge is 2.80. The minimum atomic E-state index is -0.333. The van der Waals surface area contributed by atoms with E-state index < -0.39 is 0 Å². The highest BCUT2D eigenvalue weighted by atomic mass is 15.3. The summed E-state index contributed by atoms with van der Waals surface area (Å²) >= 11 is 0. The lowest BCUT2D eigenvalue weighted by Crippen LogP contribution is -2.29. The quantitative estimate of drug-likeness (QED) is 0.752. The number of hydrogen-bond donors (Lipinski definition) is 0.